The first-order valence-electron chi connectivity index (χ1n) is 15.5. The zero-order chi connectivity index (χ0) is 32.4. The number of nitrogens with zero attached hydrogens (tertiary/aromatic N) is 4. The molecule has 0 radical (unpaired) electrons. The highest BCUT2D eigenvalue weighted by Crippen LogP contribution is 2.38. The number of unbranched alkanes of at least 4 members (excludes halogenated alkanes) is 1. The van der Waals surface area contributed by atoms with Crippen LogP contribution in [-0.4, -0.2) is 105 Å². The predicted octanol–water partition coefficient (Wildman–Crippen LogP) is 2.35. The third kappa shape index (κ3) is 8.31. The molecule has 1 aliphatic carbocycles. The molecule has 1 saturated heterocycles. The van der Waals surface area contributed by atoms with Crippen LogP contribution in [-0.2, 0) is 19.1 Å². The number of para-hydroxylation sites is 1. The van der Waals surface area contributed by atoms with Gasteiger partial charge in [0.05, 0.1) is 12.3 Å². The molecule has 14 nitrogen and oxygen atoms in total. The van der Waals surface area contributed by atoms with Crippen molar-refractivity contribution in [2.75, 3.05) is 39.3 Å². The van der Waals surface area contributed by atoms with Gasteiger partial charge in [-0.2, -0.15) is 5.10 Å². The number of ether oxygens (including phenoxy) is 2. The second-order valence-electron chi connectivity index (χ2n) is 11.1. The fourth-order valence-electron chi connectivity index (χ4n) is 5.22. The Balaban J connectivity index is 1.53. The minimum Gasteiger partial charge on any atom is -0.481 e. The summed E-state index contributed by atoms with van der Waals surface area (Å²) in [6, 6.07) is 9.30. The van der Waals surface area contributed by atoms with Crippen LogP contribution in [0.4, 0.5) is 4.79 Å². The maximum absolute atomic E-state index is 13.5. The van der Waals surface area contributed by atoms with Gasteiger partial charge in [-0.1, -0.05) is 31.5 Å². The molecule has 0 spiro atoms. The van der Waals surface area contributed by atoms with Crippen LogP contribution in [0.1, 0.15) is 69.3 Å². The number of carbonyl (C=O) groups excluding carboxylic acids is 4. The third-order valence-electron chi connectivity index (χ3n) is 7.97. The number of carboxylic acid groups (broad SMARTS) is 1. The van der Waals surface area contributed by atoms with Crippen molar-refractivity contribution in [2.24, 2.45) is 0 Å². The first-order valence-corrected chi connectivity index (χ1v) is 15.5. The van der Waals surface area contributed by atoms with E-state index in [1.165, 1.54) is 20.5 Å². The van der Waals surface area contributed by atoms with Crippen LogP contribution in [0.3, 0.4) is 0 Å². The molecule has 1 atom stereocenters. The lowest BCUT2D eigenvalue weighted by molar-refractivity contribution is -0.145. The van der Waals surface area contributed by atoms with Gasteiger partial charge in [-0.25, -0.2) is 9.48 Å². The molecular formula is C31H42N6O8. The summed E-state index contributed by atoms with van der Waals surface area (Å²) in [6.45, 7) is 5.44. The first kappa shape index (κ1) is 33.3. The second kappa shape index (κ2) is 15.4. The van der Waals surface area contributed by atoms with Gasteiger partial charge in [0.2, 0.25) is 11.8 Å². The van der Waals surface area contributed by atoms with Crippen LogP contribution >= 0.6 is 0 Å². The minimum absolute atomic E-state index is 0.0602. The number of amides is 4. The highest BCUT2D eigenvalue weighted by molar-refractivity contribution is 5.96. The van der Waals surface area contributed by atoms with Crippen LogP contribution in [0, 0.1) is 0 Å². The Morgan fingerprint density at radius 1 is 1.02 bits per heavy atom. The molecule has 14 heteroatoms. The summed E-state index contributed by atoms with van der Waals surface area (Å²) in [4.78, 5) is 66.6. The fourth-order valence-corrected chi connectivity index (χ4v) is 5.22. The largest absolute Gasteiger partial charge is 0.481 e. The molecule has 2 fully saturated rings. The highest BCUT2D eigenvalue weighted by atomic mass is 16.6. The Kier molecular flexibility index (Phi) is 11.4. The van der Waals surface area contributed by atoms with Gasteiger partial charge >= 0.3 is 12.1 Å². The fraction of sp³-hybridized carbons (Fsp3) is 0.548. The quantitative estimate of drug-likeness (QED) is 0.266. The molecule has 2 heterocycles. The summed E-state index contributed by atoms with van der Waals surface area (Å²) in [5.41, 5.74) is -0.542. The summed E-state index contributed by atoms with van der Waals surface area (Å²) in [6.07, 6.45) is 2.68. The average molecular weight is 627 g/mol. The van der Waals surface area contributed by atoms with Crippen molar-refractivity contribution in [3.05, 3.63) is 42.1 Å². The number of carboxylic acids is 1. The number of aromatic nitrogens is 2. The number of benzene rings is 1. The van der Waals surface area contributed by atoms with E-state index in [0.717, 1.165) is 19.3 Å². The van der Waals surface area contributed by atoms with Crippen molar-refractivity contribution in [3.63, 3.8) is 0 Å². The van der Waals surface area contributed by atoms with Gasteiger partial charge in [-0.15, -0.1) is 0 Å². The van der Waals surface area contributed by atoms with E-state index in [4.69, 9.17) is 9.47 Å². The number of hydrogen-bond donors (Lipinski definition) is 3. The minimum atomic E-state index is -1.14. The Morgan fingerprint density at radius 2 is 1.71 bits per heavy atom. The molecule has 0 bridgehead atoms. The number of aliphatic carboxylic acids is 1. The first-order chi connectivity index (χ1) is 21.7. The van der Waals surface area contributed by atoms with E-state index < -0.39 is 35.5 Å². The zero-order valence-corrected chi connectivity index (χ0v) is 25.8. The summed E-state index contributed by atoms with van der Waals surface area (Å²) in [7, 11) is 0. The second-order valence-corrected chi connectivity index (χ2v) is 11.1. The van der Waals surface area contributed by atoms with E-state index in [2.05, 4.69) is 15.7 Å². The number of piperazine rings is 1. The van der Waals surface area contributed by atoms with E-state index in [0.29, 0.717) is 25.1 Å². The highest BCUT2D eigenvalue weighted by Gasteiger charge is 2.47. The van der Waals surface area contributed by atoms with Crippen LogP contribution in [0.5, 0.6) is 5.88 Å². The molecule has 2 aromatic rings. The number of nitrogens with one attached hydrogen (secondary N) is 2. The van der Waals surface area contributed by atoms with E-state index in [1.54, 1.807) is 31.2 Å². The predicted molar refractivity (Wildman–Crippen MR) is 162 cm³/mol. The molecule has 2 aliphatic rings. The maximum Gasteiger partial charge on any atom is 0.409 e. The van der Waals surface area contributed by atoms with Crippen molar-refractivity contribution >= 4 is 29.8 Å². The lowest BCUT2D eigenvalue weighted by Crippen LogP contribution is -2.56. The molecule has 0 unspecified atom stereocenters. The zero-order valence-electron chi connectivity index (χ0n) is 25.8. The van der Waals surface area contributed by atoms with Crippen molar-refractivity contribution in [1.82, 2.24) is 30.2 Å². The molecule has 1 aromatic carbocycles. The topological polar surface area (TPSA) is 172 Å². The standard InChI is InChI=1S/C31H42N6O8/c1-3-5-16-32-29(42)31(14-9-15-31)45-25-21-24(34-37(25)22-10-7-6-8-11-22)27(40)33-23(12-13-26(38)39)28(41)35-17-19-36(20-18-35)30(43)44-4-2/h6-8,10-11,21,23H,3-5,9,12-20H2,1-2H3,(H,32,42)(H,33,40)(H,38,39)/t23-/m0/s1. The van der Waals surface area contributed by atoms with E-state index in [1.807, 2.05) is 13.0 Å². The molecule has 1 saturated carbocycles. The Hall–Kier alpha value is -4.62. The molecule has 1 aliphatic heterocycles. The lowest BCUT2D eigenvalue weighted by atomic mass is 9.79. The number of carbonyl (C=O) groups is 5. The maximum atomic E-state index is 13.5. The van der Waals surface area contributed by atoms with Gasteiger partial charge in [-0.3, -0.25) is 19.2 Å². The Morgan fingerprint density at radius 3 is 2.31 bits per heavy atom. The van der Waals surface area contributed by atoms with Crippen LogP contribution in [0.25, 0.3) is 5.69 Å². The molecule has 3 N–H and O–H groups in total. The van der Waals surface area contributed by atoms with Crippen LogP contribution in [0.2, 0.25) is 0 Å². The van der Waals surface area contributed by atoms with Crippen molar-refractivity contribution in [2.45, 2.75) is 70.4 Å². The van der Waals surface area contributed by atoms with Gasteiger partial charge in [0, 0.05) is 45.2 Å². The molecule has 45 heavy (non-hydrogen) atoms. The summed E-state index contributed by atoms with van der Waals surface area (Å²) in [5.74, 6) is -2.28. The van der Waals surface area contributed by atoms with Crippen LogP contribution < -0.4 is 15.4 Å². The monoisotopic (exact) mass is 626 g/mol. The van der Waals surface area contributed by atoms with E-state index >= 15 is 0 Å². The summed E-state index contributed by atoms with van der Waals surface area (Å²) >= 11 is 0. The lowest BCUT2D eigenvalue weighted by Gasteiger charge is -2.39. The molecule has 4 amide bonds. The van der Waals surface area contributed by atoms with Gasteiger partial charge in [-0.05, 0) is 51.2 Å². The third-order valence-corrected chi connectivity index (χ3v) is 7.97. The SMILES string of the molecule is CCCCNC(=O)C1(Oc2cc(C(=O)N[C@@H](CCC(=O)O)C(=O)N3CCN(C(=O)OCC)CC3)nn2-c2ccccc2)CCC1. The number of rotatable bonds is 14. The normalized spacial score (nSPS) is 16.2. The van der Waals surface area contributed by atoms with E-state index in [-0.39, 0.29) is 63.1 Å². The smallest absolute Gasteiger partial charge is 0.409 e. The van der Waals surface area contributed by atoms with Crippen molar-refractivity contribution < 1.29 is 38.6 Å². The number of hydrogen-bond acceptors (Lipinski definition) is 8. The molecule has 4 rings (SSSR count). The Labute approximate surface area is 262 Å². The van der Waals surface area contributed by atoms with Gasteiger partial charge in [0.1, 0.15) is 6.04 Å². The van der Waals surface area contributed by atoms with Gasteiger partial charge in [0.25, 0.3) is 11.8 Å². The van der Waals surface area contributed by atoms with Crippen molar-refractivity contribution in [1.29, 1.82) is 0 Å². The van der Waals surface area contributed by atoms with Crippen molar-refractivity contribution in [3.8, 4) is 11.6 Å². The summed E-state index contributed by atoms with van der Waals surface area (Å²) in [5, 5.41) is 19.4. The average Bonchev–Trinajstić information content (AvgIpc) is 3.45. The van der Waals surface area contributed by atoms with Gasteiger partial charge in [0.15, 0.2) is 11.3 Å². The molecule has 244 valence electrons. The molecule has 1 aromatic heterocycles. The van der Waals surface area contributed by atoms with E-state index in [9.17, 15) is 29.1 Å². The van der Waals surface area contributed by atoms with Crippen LogP contribution in [0.15, 0.2) is 36.4 Å². The Bertz CT molecular complexity index is 1350. The molecular weight excluding hydrogens is 584 g/mol. The summed E-state index contributed by atoms with van der Waals surface area (Å²) < 4.78 is 12.8. The van der Waals surface area contributed by atoms with Gasteiger partial charge < -0.3 is 35.0 Å².